The molecule has 1 aromatic rings. The van der Waals surface area contributed by atoms with Crippen molar-refractivity contribution in [2.24, 2.45) is 0 Å². The van der Waals surface area contributed by atoms with Gasteiger partial charge in [0.2, 0.25) is 0 Å². The lowest BCUT2D eigenvalue weighted by atomic mass is 10.1. The number of benzene rings is 1. The summed E-state index contributed by atoms with van der Waals surface area (Å²) in [4.78, 5) is 11.8. The molecule has 1 heterocycles. The van der Waals surface area contributed by atoms with Gasteiger partial charge in [0.1, 0.15) is 11.6 Å². The summed E-state index contributed by atoms with van der Waals surface area (Å²) in [6.07, 6.45) is 1.93. The largest absolute Gasteiger partial charge is 0.507 e. The number of piperidine rings is 1. The maximum Gasteiger partial charge on any atom is 0.255 e. The van der Waals surface area contributed by atoms with Gasteiger partial charge in [-0.05, 0) is 31.5 Å². The molecule has 5 heteroatoms. The van der Waals surface area contributed by atoms with E-state index in [1.807, 2.05) is 0 Å². The summed E-state index contributed by atoms with van der Waals surface area (Å²) in [5, 5.41) is 15.5. The number of phenols is 1. The Hall–Kier alpha value is -1.62. The molecule has 1 aromatic carbocycles. The Bertz CT molecular complexity index is 417. The molecule has 2 rings (SSSR count). The highest BCUT2D eigenvalue weighted by atomic mass is 19.1. The van der Waals surface area contributed by atoms with Crippen LogP contribution in [0.1, 0.15) is 23.2 Å². The highest BCUT2D eigenvalue weighted by molar-refractivity contribution is 5.96. The Morgan fingerprint density at radius 3 is 3.00 bits per heavy atom. The number of rotatable bonds is 2. The van der Waals surface area contributed by atoms with Crippen LogP contribution in [0.15, 0.2) is 18.2 Å². The monoisotopic (exact) mass is 238 g/mol. The number of nitrogens with one attached hydrogen (secondary N) is 2. The van der Waals surface area contributed by atoms with Gasteiger partial charge in [-0.25, -0.2) is 4.39 Å². The fourth-order valence-corrected chi connectivity index (χ4v) is 1.93. The predicted molar refractivity (Wildman–Crippen MR) is 61.4 cm³/mol. The Morgan fingerprint density at radius 1 is 1.53 bits per heavy atom. The minimum atomic E-state index is -0.557. The zero-order valence-corrected chi connectivity index (χ0v) is 9.37. The van der Waals surface area contributed by atoms with Gasteiger partial charge in [0.05, 0.1) is 5.56 Å². The molecule has 17 heavy (non-hydrogen) atoms. The number of hydrogen-bond donors (Lipinski definition) is 3. The zero-order chi connectivity index (χ0) is 12.3. The van der Waals surface area contributed by atoms with Crippen LogP contribution in [0.4, 0.5) is 4.39 Å². The van der Waals surface area contributed by atoms with Crippen LogP contribution < -0.4 is 10.6 Å². The maximum absolute atomic E-state index is 12.8. The van der Waals surface area contributed by atoms with Gasteiger partial charge < -0.3 is 15.7 Å². The standard InChI is InChI=1S/C12H15FN2O2/c13-8-3-4-10(11(16)6-8)12(17)15-9-2-1-5-14-7-9/h3-4,6,9,14,16H,1-2,5,7H2,(H,15,17)/t9-/m0/s1. The van der Waals surface area contributed by atoms with Crippen molar-refractivity contribution in [3.8, 4) is 5.75 Å². The molecule has 1 fully saturated rings. The molecule has 1 aliphatic heterocycles. The third-order valence-electron chi connectivity index (χ3n) is 2.84. The molecular formula is C12H15FN2O2. The molecule has 0 radical (unpaired) electrons. The van der Waals surface area contributed by atoms with Crippen LogP contribution in [-0.4, -0.2) is 30.1 Å². The molecule has 92 valence electrons. The quantitative estimate of drug-likeness (QED) is 0.720. The third kappa shape index (κ3) is 2.94. The first-order valence-electron chi connectivity index (χ1n) is 5.67. The van der Waals surface area contributed by atoms with E-state index in [1.165, 1.54) is 6.07 Å². The van der Waals surface area contributed by atoms with Gasteiger partial charge in [0.25, 0.3) is 5.91 Å². The van der Waals surface area contributed by atoms with E-state index in [9.17, 15) is 14.3 Å². The molecule has 1 saturated heterocycles. The van der Waals surface area contributed by atoms with Crippen molar-refractivity contribution >= 4 is 5.91 Å². The van der Waals surface area contributed by atoms with Crippen LogP contribution in [0.3, 0.4) is 0 Å². The number of hydrogen-bond acceptors (Lipinski definition) is 3. The maximum atomic E-state index is 12.8. The molecule has 4 nitrogen and oxygen atoms in total. The van der Waals surface area contributed by atoms with Crippen molar-refractivity contribution in [3.05, 3.63) is 29.6 Å². The van der Waals surface area contributed by atoms with E-state index in [0.717, 1.165) is 38.1 Å². The number of carbonyl (C=O) groups excluding carboxylic acids is 1. The van der Waals surface area contributed by atoms with E-state index in [0.29, 0.717) is 0 Å². The van der Waals surface area contributed by atoms with Crippen LogP contribution in [0, 0.1) is 5.82 Å². The molecule has 0 aliphatic carbocycles. The van der Waals surface area contributed by atoms with Gasteiger partial charge in [-0.2, -0.15) is 0 Å². The molecule has 0 unspecified atom stereocenters. The van der Waals surface area contributed by atoms with Gasteiger partial charge in [-0.3, -0.25) is 4.79 Å². The number of halogens is 1. The lowest BCUT2D eigenvalue weighted by Gasteiger charge is -2.23. The minimum Gasteiger partial charge on any atom is -0.507 e. The van der Waals surface area contributed by atoms with E-state index in [4.69, 9.17) is 0 Å². The average molecular weight is 238 g/mol. The SMILES string of the molecule is O=C(N[C@H]1CCCNC1)c1ccc(F)cc1O. The van der Waals surface area contributed by atoms with Crippen molar-refractivity contribution in [1.29, 1.82) is 0 Å². The van der Waals surface area contributed by atoms with Crippen LogP contribution in [0.25, 0.3) is 0 Å². The lowest BCUT2D eigenvalue weighted by molar-refractivity contribution is 0.0928. The first-order chi connectivity index (χ1) is 8.16. The molecule has 0 aromatic heterocycles. The zero-order valence-electron chi connectivity index (χ0n) is 9.37. The molecule has 1 amide bonds. The second kappa shape index (κ2) is 5.14. The van der Waals surface area contributed by atoms with Gasteiger partial charge in [-0.15, -0.1) is 0 Å². The van der Waals surface area contributed by atoms with Crippen LogP contribution in [0.2, 0.25) is 0 Å². The van der Waals surface area contributed by atoms with E-state index in [1.54, 1.807) is 0 Å². The fourth-order valence-electron chi connectivity index (χ4n) is 1.93. The second-order valence-corrected chi connectivity index (χ2v) is 4.18. The fraction of sp³-hybridized carbons (Fsp3) is 0.417. The summed E-state index contributed by atoms with van der Waals surface area (Å²) < 4.78 is 12.8. The number of amides is 1. The van der Waals surface area contributed by atoms with Crippen molar-refractivity contribution in [2.75, 3.05) is 13.1 Å². The Labute approximate surface area is 98.8 Å². The van der Waals surface area contributed by atoms with Gasteiger partial charge in [0.15, 0.2) is 0 Å². The highest BCUT2D eigenvalue weighted by Crippen LogP contribution is 2.18. The van der Waals surface area contributed by atoms with Crippen LogP contribution in [0.5, 0.6) is 5.75 Å². The van der Waals surface area contributed by atoms with Crippen molar-refractivity contribution in [2.45, 2.75) is 18.9 Å². The Morgan fingerprint density at radius 2 is 2.35 bits per heavy atom. The van der Waals surface area contributed by atoms with Crippen molar-refractivity contribution < 1.29 is 14.3 Å². The lowest BCUT2D eigenvalue weighted by Crippen LogP contribution is -2.45. The van der Waals surface area contributed by atoms with Crippen molar-refractivity contribution in [1.82, 2.24) is 10.6 Å². The predicted octanol–water partition coefficient (Wildman–Crippen LogP) is 1.01. The van der Waals surface area contributed by atoms with Crippen LogP contribution in [-0.2, 0) is 0 Å². The summed E-state index contributed by atoms with van der Waals surface area (Å²) in [7, 11) is 0. The topological polar surface area (TPSA) is 61.4 Å². The molecule has 0 spiro atoms. The first kappa shape index (κ1) is 11.9. The number of phenolic OH excluding ortho intramolecular Hbond substituents is 1. The number of carbonyl (C=O) groups is 1. The smallest absolute Gasteiger partial charge is 0.255 e. The first-order valence-corrected chi connectivity index (χ1v) is 5.67. The van der Waals surface area contributed by atoms with E-state index >= 15 is 0 Å². The molecule has 0 saturated carbocycles. The van der Waals surface area contributed by atoms with E-state index in [2.05, 4.69) is 10.6 Å². The molecule has 3 N–H and O–H groups in total. The van der Waals surface area contributed by atoms with Crippen molar-refractivity contribution in [3.63, 3.8) is 0 Å². The molecule has 1 aliphatic rings. The number of aromatic hydroxyl groups is 1. The second-order valence-electron chi connectivity index (χ2n) is 4.18. The summed E-state index contributed by atoms with van der Waals surface area (Å²) in [5.74, 6) is -1.25. The minimum absolute atomic E-state index is 0.0701. The summed E-state index contributed by atoms with van der Waals surface area (Å²) >= 11 is 0. The summed E-state index contributed by atoms with van der Waals surface area (Å²) in [5.41, 5.74) is 0.108. The molecule has 1 atom stereocenters. The van der Waals surface area contributed by atoms with E-state index < -0.39 is 5.82 Å². The van der Waals surface area contributed by atoms with Gasteiger partial charge >= 0.3 is 0 Å². The Kier molecular flexibility index (Phi) is 3.58. The van der Waals surface area contributed by atoms with Gasteiger partial charge in [0, 0.05) is 18.7 Å². The normalized spacial score (nSPS) is 19.9. The third-order valence-corrected chi connectivity index (χ3v) is 2.84. The highest BCUT2D eigenvalue weighted by Gasteiger charge is 2.18. The molecular weight excluding hydrogens is 223 g/mol. The van der Waals surface area contributed by atoms with Gasteiger partial charge in [-0.1, -0.05) is 0 Å². The van der Waals surface area contributed by atoms with E-state index in [-0.39, 0.29) is 23.3 Å². The summed E-state index contributed by atoms with van der Waals surface area (Å²) in [6, 6.07) is 3.46. The molecule has 0 bridgehead atoms. The Balaban J connectivity index is 2.03. The average Bonchev–Trinajstić information content (AvgIpc) is 2.30. The van der Waals surface area contributed by atoms with Crippen LogP contribution >= 0.6 is 0 Å². The summed E-state index contributed by atoms with van der Waals surface area (Å²) in [6.45, 7) is 1.70.